The van der Waals surface area contributed by atoms with E-state index in [9.17, 15) is 0 Å². The van der Waals surface area contributed by atoms with E-state index in [2.05, 4.69) is 41.3 Å². The third kappa shape index (κ3) is 9.57. The summed E-state index contributed by atoms with van der Waals surface area (Å²) in [7, 11) is 0. The molecular formula is C18H34N4O2. The average molecular weight is 338 g/mol. The van der Waals surface area contributed by atoms with Crippen LogP contribution in [0.1, 0.15) is 39.4 Å². The second-order valence-electron chi connectivity index (χ2n) is 5.55. The highest BCUT2D eigenvalue weighted by Gasteiger charge is 2.00. The van der Waals surface area contributed by atoms with Gasteiger partial charge < -0.3 is 24.7 Å². The van der Waals surface area contributed by atoms with E-state index in [1.165, 1.54) is 0 Å². The zero-order valence-corrected chi connectivity index (χ0v) is 15.5. The Hall–Kier alpha value is -1.53. The molecule has 0 aromatic carbocycles. The molecule has 0 bridgehead atoms. The van der Waals surface area contributed by atoms with Gasteiger partial charge in [-0.05, 0) is 51.5 Å². The lowest BCUT2D eigenvalue weighted by Gasteiger charge is -2.18. The Balaban J connectivity index is 2.12. The fourth-order valence-corrected chi connectivity index (χ4v) is 2.32. The van der Waals surface area contributed by atoms with Crippen molar-refractivity contribution < 1.29 is 9.15 Å². The molecule has 0 atom stereocenters. The molecule has 0 saturated carbocycles. The van der Waals surface area contributed by atoms with Gasteiger partial charge in [0.2, 0.25) is 0 Å². The fraction of sp³-hybridized carbons (Fsp3) is 0.722. The van der Waals surface area contributed by atoms with Crippen molar-refractivity contribution in [2.24, 2.45) is 4.99 Å². The zero-order valence-electron chi connectivity index (χ0n) is 15.5. The van der Waals surface area contributed by atoms with E-state index >= 15 is 0 Å². The van der Waals surface area contributed by atoms with Crippen LogP contribution in [-0.4, -0.2) is 56.7 Å². The Labute approximate surface area is 146 Å². The number of hydrogen-bond acceptors (Lipinski definition) is 4. The van der Waals surface area contributed by atoms with E-state index in [4.69, 9.17) is 9.15 Å². The predicted molar refractivity (Wildman–Crippen MR) is 99.4 cm³/mol. The quantitative estimate of drug-likeness (QED) is 0.329. The maximum atomic E-state index is 5.56. The topological polar surface area (TPSA) is 62.0 Å². The average Bonchev–Trinajstić information content (AvgIpc) is 3.11. The largest absolute Gasteiger partial charge is 0.467 e. The van der Waals surface area contributed by atoms with Crippen LogP contribution in [0.4, 0.5) is 0 Å². The van der Waals surface area contributed by atoms with Crippen molar-refractivity contribution in [2.45, 2.75) is 40.2 Å². The second-order valence-corrected chi connectivity index (χ2v) is 5.55. The van der Waals surface area contributed by atoms with E-state index < -0.39 is 0 Å². The number of nitrogens with one attached hydrogen (secondary N) is 2. The van der Waals surface area contributed by atoms with E-state index in [0.29, 0.717) is 13.2 Å². The van der Waals surface area contributed by atoms with E-state index in [-0.39, 0.29) is 0 Å². The van der Waals surface area contributed by atoms with E-state index in [1.54, 1.807) is 6.26 Å². The van der Waals surface area contributed by atoms with Crippen molar-refractivity contribution >= 4 is 5.96 Å². The van der Waals surface area contributed by atoms with Crippen molar-refractivity contribution in [3.05, 3.63) is 24.2 Å². The van der Waals surface area contributed by atoms with Crippen LogP contribution in [0, 0.1) is 0 Å². The first-order valence-electron chi connectivity index (χ1n) is 9.14. The molecule has 0 radical (unpaired) electrons. The van der Waals surface area contributed by atoms with Gasteiger partial charge in [-0.15, -0.1) is 0 Å². The minimum Gasteiger partial charge on any atom is -0.467 e. The van der Waals surface area contributed by atoms with Gasteiger partial charge in [0.05, 0.1) is 6.26 Å². The minimum absolute atomic E-state index is 0.528. The summed E-state index contributed by atoms with van der Waals surface area (Å²) >= 11 is 0. The number of aliphatic imine (C=N–C) groups is 1. The Kier molecular flexibility index (Phi) is 11.9. The van der Waals surface area contributed by atoms with Crippen LogP contribution < -0.4 is 10.6 Å². The Morgan fingerprint density at radius 2 is 2.04 bits per heavy atom. The van der Waals surface area contributed by atoms with Crippen molar-refractivity contribution in [3.63, 3.8) is 0 Å². The summed E-state index contributed by atoms with van der Waals surface area (Å²) in [5, 5.41) is 6.68. The lowest BCUT2D eigenvalue weighted by atomic mass is 10.3. The molecule has 1 heterocycles. The van der Waals surface area contributed by atoms with Crippen LogP contribution in [-0.2, 0) is 11.3 Å². The highest BCUT2D eigenvalue weighted by molar-refractivity contribution is 5.79. The van der Waals surface area contributed by atoms with Gasteiger partial charge in [-0.2, -0.15) is 0 Å². The van der Waals surface area contributed by atoms with Crippen LogP contribution in [0.2, 0.25) is 0 Å². The number of nitrogens with zero attached hydrogens (tertiary/aromatic N) is 2. The molecule has 24 heavy (non-hydrogen) atoms. The highest BCUT2D eigenvalue weighted by Crippen LogP contribution is 2.01. The third-order valence-electron chi connectivity index (χ3n) is 3.72. The van der Waals surface area contributed by atoms with Crippen LogP contribution in [0.15, 0.2) is 27.8 Å². The first kappa shape index (κ1) is 20.5. The van der Waals surface area contributed by atoms with Gasteiger partial charge in [-0.1, -0.05) is 13.8 Å². The second kappa shape index (κ2) is 13.9. The molecule has 0 unspecified atom stereocenters. The molecule has 1 aromatic heterocycles. The predicted octanol–water partition coefficient (Wildman–Crippen LogP) is 2.47. The molecule has 6 heteroatoms. The highest BCUT2D eigenvalue weighted by atomic mass is 16.5. The molecule has 0 spiro atoms. The van der Waals surface area contributed by atoms with Gasteiger partial charge in [-0.25, -0.2) is 0 Å². The summed E-state index contributed by atoms with van der Waals surface area (Å²) in [5.41, 5.74) is 0. The van der Waals surface area contributed by atoms with Gasteiger partial charge in [0.25, 0.3) is 0 Å². The maximum absolute atomic E-state index is 5.56. The van der Waals surface area contributed by atoms with Crippen molar-refractivity contribution in [1.29, 1.82) is 0 Å². The fourth-order valence-electron chi connectivity index (χ4n) is 2.32. The standard InChI is InChI=1S/C18H34N4O2/c1-4-19-18(20-11-8-13-22(5-2)6-3)21-12-9-14-23-16-17-10-7-15-24-17/h7,10,15H,4-6,8-9,11-14,16H2,1-3H3,(H2,19,20,21). The minimum atomic E-state index is 0.528. The SMILES string of the molecule is CCNC(=NCCCOCc1ccco1)NCCCN(CC)CC. The molecule has 2 N–H and O–H groups in total. The van der Waals surface area contributed by atoms with Crippen molar-refractivity contribution in [2.75, 3.05) is 45.9 Å². The number of hydrogen-bond donors (Lipinski definition) is 2. The molecule has 6 nitrogen and oxygen atoms in total. The third-order valence-corrected chi connectivity index (χ3v) is 3.72. The van der Waals surface area contributed by atoms with E-state index in [0.717, 1.165) is 63.8 Å². The Morgan fingerprint density at radius 1 is 1.21 bits per heavy atom. The number of ether oxygens (including phenoxy) is 1. The van der Waals surface area contributed by atoms with Crippen molar-refractivity contribution in [3.8, 4) is 0 Å². The van der Waals surface area contributed by atoms with E-state index in [1.807, 2.05) is 12.1 Å². The summed E-state index contributed by atoms with van der Waals surface area (Å²) in [6.45, 7) is 13.6. The summed E-state index contributed by atoms with van der Waals surface area (Å²) in [5.74, 6) is 1.75. The molecule has 0 saturated heterocycles. The summed E-state index contributed by atoms with van der Waals surface area (Å²) in [6, 6.07) is 3.79. The molecule has 0 amide bonds. The van der Waals surface area contributed by atoms with Crippen LogP contribution in [0.25, 0.3) is 0 Å². The summed E-state index contributed by atoms with van der Waals surface area (Å²) in [4.78, 5) is 7.02. The van der Waals surface area contributed by atoms with Gasteiger partial charge in [-0.3, -0.25) is 4.99 Å². The number of guanidine groups is 1. The maximum Gasteiger partial charge on any atom is 0.191 e. The first-order valence-corrected chi connectivity index (χ1v) is 9.14. The Bertz CT molecular complexity index is 417. The van der Waals surface area contributed by atoms with Crippen molar-refractivity contribution in [1.82, 2.24) is 15.5 Å². The van der Waals surface area contributed by atoms with Gasteiger partial charge in [0.15, 0.2) is 5.96 Å². The smallest absolute Gasteiger partial charge is 0.191 e. The van der Waals surface area contributed by atoms with Gasteiger partial charge in [0.1, 0.15) is 12.4 Å². The first-order chi connectivity index (χ1) is 11.8. The summed E-state index contributed by atoms with van der Waals surface area (Å²) < 4.78 is 10.8. The molecule has 0 fully saturated rings. The molecule has 1 aromatic rings. The van der Waals surface area contributed by atoms with Crippen LogP contribution in [0.3, 0.4) is 0 Å². The molecule has 0 aliphatic carbocycles. The number of rotatable bonds is 13. The zero-order chi connectivity index (χ0) is 17.5. The summed E-state index contributed by atoms with van der Waals surface area (Å²) in [6.07, 6.45) is 3.69. The van der Waals surface area contributed by atoms with Crippen LogP contribution >= 0.6 is 0 Å². The molecule has 1 rings (SSSR count). The van der Waals surface area contributed by atoms with Gasteiger partial charge >= 0.3 is 0 Å². The van der Waals surface area contributed by atoms with Crippen LogP contribution in [0.5, 0.6) is 0 Å². The monoisotopic (exact) mass is 338 g/mol. The lowest BCUT2D eigenvalue weighted by Crippen LogP contribution is -2.39. The molecule has 0 aliphatic rings. The van der Waals surface area contributed by atoms with Gasteiger partial charge in [0, 0.05) is 26.2 Å². The lowest BCUT2D eigenvalue weighted by molar-refractivity contribution is 0.105. The normalized spacial score (nSPS) is 11.9. The molecule has 0 aliphatic heterocycles. The molecule has 138 valence electrons. The molecular weight excluding hydrogens is 304 g/mol. The number of furan rings is 1. The Morgan fingerprint density at radius 3 is 2.71 bits per heavy atom.